The van der Waals surface area contributed by atoms with Gasteiger partial charge in [-0.25, -0.2) is 0 Å². The van der Waals surface area contributed by atoms with Crippen molar-refractivity contribution in [1.29, 1.82) is 0 Å². The van der Waals surface area contributed by atoms with E-state index in [-0.39, 0.29) is 5.69 Å². The highest BCUT2D eigenvalue weighted by molar-refractivity contribution is 5.84. The smallest absolute Gasteiger partial charge is 0.343 e. The van der Waals surface area contributed by atoms with Crippen molar-refractivity contribution in [3.05, 3.63) is 39.9 Å². The van der Waals surface area contributed by atoms with Crippen LogP contribution in [-0.4, -0.2) is 29.8 Å². The molecule has 0 atom stereocenters. The van der Waals surface area contributed by atoms with E-state index in [9.17, 15) is 23.7 Å². The molecule has 0 bridgehead atoms. The van der Waals surface area contributed by atoms with Crippen molar-refractivity contribution in [2.24, 2.45) is 0 Å². The molecule has 0 saturated heterocycles. The number of carbonyl (C=O) groups excluding carboxylic acids is 1. The quantitative estimate of drug-likeness (QED) is 0.601. The normalized spacial score (nSPS) is 11.1. The second-order valence-corrected chi connectivity index (χ2v) is 3.58. The fourth-order valence-electron chi connectivity index (χ4n) is 1.20. The van der Waals surface area contributed by atoms with E-state index in [4.69, 9.17) is 0 Å². The summed E-state index contributed by atoms with van der Waals surface area (Å²) in [5, 5.41) is 10.3. The van der Waals surface area contributed by atoms with Crippen molar-refractivity contribution < 1.29 is 18.5 Å². The van der Waals surface area contributed by atoms with Gasteiger partial charge in [0.15, 0.2) is 0 Å². The summed E-state index contributed by atoms with van der Waals surface area (Å²) in [7, 11) is 2.42. The number of rotatable bonds is 3. The number of halogens is 2. The van der Waals surface area contributed by atoms with Gasteiger partial charge in [-0.3, -0.25) is 14.9 Å². The highest BCUT2D eigenvalue weighted by atomic mass is 19.3. The summed E-state index contributed by atoms with van der Waals surface area (Å²) >= 11 is 0. The first-order valence-electron chi connectivity index (χ1n) is 4.61. The van der Waals surface area contributed by atoms with Crippen LogP contribution in [0, 0.1) is 10.1 Å². The Balaban J connectivity index is 3.08. The molecule has 0 heterocycles. The minimum absolute atomic E-state index is 0.304. The third-order valence-electron chi connectivity index (χ3n) is 2.12. The largest absolute Gasteiger partial charge is 0.349 e. The molecule has 1 amide bonds. The number of hydrogen-bond donors (Lipinski definition) is 0. The summed E-state index contributed by atoms with van der Waals surface area (Å²) in [6, 6.07) is 3.62. The van der Waals surface area contributed by atoms with Crippen LogP contribution in [0.15, 0.2) is 24.3 Å². The number of benzene rings is 1. The van der Waals surface area contributed by atoms with E-state index in [0.717, 1.165) is 29.2 Å². The zero-order chi connectivity index (χ0) is 13.2. The Morgan fingerprint density at radius 1 is 1.29 bits per heavy atom. The minimum atomic E-state index is -3.68. The summed E-state index contributed by atoms with van der Waals surface area (Å²) in [6.07, 6.45) is 0. The molecule has 1 aromatic rings. The number of carbonyl (C=O) groups is 1. The molecule has 0 spiro atoms. The van der Waals surface area contributed by atoms with Gasteiger partial charge in [-0.15, -0.1) is 0 Å². The molecular formula is C10H10F2N2O3. The maximum absolute atomic E-state index is 13.6. The second kappa shape index (κ2) is 4.44. The Labute approximate surface area is 95.8 Å². The molecule has 0 saturated carbocycles. The molecule has 0 aliphatic carbocycles. The lowest BCUT2D eigenvalue weighted by atomic mass is 10.1. The Bertz CT molecular complexity index is 443. The van der Waals surface area contributed by atoms with Crippen molar-refractivity contribution >= 4 is 11.6 Å². The molecule has 0 aromatic heterocycles. The zero-order valence-corrected chi connectivity index (χ0v) is 9.18. The van der Waals surface area contributed by atoms with Crippen molar-refractivity contribution in [3.8, 4) is 0 Å². The van der Waals surface area contributed by atoms with Crippen LogP contribution in [-0.2, 0) is 10.7 Å². The van der Waals surface area contributed by atoms with E-state index in [1.54, 1.807) is 0 Å². The maximum atomic E-state index is 13.6. The number of likely N-dealkylation sites (N-methyl/N-ethyl adjacent to an activating group) is 1. The van der Waals surface area contributed by atoms with Crippen molar-refractivity contribution in [3.63, 3.8) is 0 Å². The van der Waals surface area contributed by atoms with Gasteiger partial charge in [-0.1, -0.05) is 0 Å². The number of nitro groups is 1. The molecule has 0 radical (unpaired) electrons. The lowest BCUT2D eigenvalue weighted by Crippen LogP contribution is -2.37. The van der Waals surface area contributed by atoms with Crippen molar-refractivity contribution in [2.75, 3.05) is 14.1 Å². The summed E-state index contributed by atoms with van der Waals surface area (Å²) in [6.45, 7) is 0. The molecule has 0 N–H and O–H groups in total. The molecular weight excluding hydrogens is 234 g/mol. The molecule has 7 heteroatoms. The SMILES string of the molecule is CN(C)C(=O)C(F)(F)c1ccc([N+](=O)[O-])cc1. The van der Waals surface area contributed by atoms with Crippen LogP contribution in [0.4, 0.5) is 14.5 Å². The number of non-ortho nitro benzene ring substituents is 1. The van der Waals surface area contributed by atoms with Gasteiger partial charge in [0.25, 0.3) is 11.6 Å². The van der Waals surface area contributed by atoms with Gasteiger partial charge in [-0.05, 0) is 12.1 Å². The van der Waals surface area contributed by atoms with E-state index in [1.807, 2.05) is 0 Å². The van der Waals surface area contributed by atoms with Gasteiger partial charge in [0.2, 0.25) is 0 Å². The lowest BCUT2D eigenvalue weighted by Gasteiger charge is -2.19. The van der Waals surface area contributed by atoms with Crippen LogP contribution < -0.4 is 0 Å². The topological polar surface area (TPSA) is 63.5 Å². The van der Waals surface area contributed by atoms with E-state index in [1.165, 1.54) is 14.1 Å². The standard InChI is InChI=1S/C10H10F2N2O3/c1-13(2)9(15)10(11,12)7-3-5-8(6-4-7)14(16)17/h3-6H,1-2H3. The lowest BCUT2D eigenvalue weighted by molar-refractivity contribution is -0.384. The van der Waals surface area contributed by atoms with E-state index in [0.29, 0.717) is 0 Å². The van der Waals surface area contributed by atoms with E-state index >= 15 is 0 Å². The third kappa shape index (κ3) is 2.55. The first-order chi connectivity index (χ1) is 7.76. The molecule has 1 aromatic carbocycles. The van der Waals surface area contributed by atoms with E-state index in [2.05, 4.69) is 0 Å². The fraction of sp³-hybridized carbons (Fsp3) is 0.300. The third-order valence-corrected chi connectivity index (χ3v) is 2.12. The minimum Gasteiger partial charge on any atom is -0.343 e. The summed E-state index contributed by atoms with van der Waals surface area (Å²) in [4.78, 5) is 21.6. The Morgan fingerprint density at radius 2 is 1.76 bits per heavy atom. The van der Waals surface area contributed by atoms with Gasteiger partial charge >= 0.3 is 5.92 Å². The number of hydrogen-bond acceptors (Lipinski definition) is 3. The van der Waals surface area contributed by atoms with Gasteiger partial charge in [0, 0.05) is 31.8 Å². The van der Waals surface area contributed by atoms with Crippen LogP contribution in [0.2, 0.25) is 0 Å². The van der Waals surface area contributed by atoms with Crippen molar-refractivity contribution in [1.82, 2.24) is 4.90 Å². The monoisotopic (exact) mass is 244 g/mol. The zero-order valence-electron chi connectivity index (χ0n) is 9.18. The summed E-state index contributed by atoms with van der Waals surface area (Å²) in [5.74, 6) is -5.05. The van der Waals surface area contributed by atoms with Gasteiger partial charge in [0.05, 0.1) is 4.92 Å². The predicted molar refractivity (Wildman–Crippen MR) is 55.7 cm³/mol. The average molecular weight is 244 g/mol. The summed E-state index contributed by atoms with van der Waals surface area (Å²) in [5.41, 5.74) is -0.872. The average Bonchev–Trinajstić information content (AvgIpc) is 2.27. The number of nitro benzene ring substituents is 1. The molecule has 0 fully saturated rings. The Hall–Kier alpha value is -2.05. The van der Waals surface area contributed by atoms with Crippen LogP contribution in [0.25, 0.3) is 0 Å². The molecule has 0 unspecified atom stereocenters. The molecule has 5 nitrogen and oxygen atoms in total. The van der Waals surface area contributed by atoms with Crippen molar-refractivity contribution in [2.45, 2.75) is 5.92 Å². The van der Waals surface area contributed by atoms with Gasteiger partial charge in [0.1, 0.15) is 0 Å². The van der Waals surface area contributed by atoms with Crippen LogP contribution >= 0.6 is 0 Å². The fourth-order valence-corrected chi connectivity index (χ4v) is 1.20. The first kappa shape index (κ1) is 13.0. The second-order valence-electron chi connectivity index (χ2n) is 3.58. The van der Waals surface area contributed by atoms with Crippen LogP contribution in [0.3, 0.4) is 0 Å². The van der Waals surface area contributed by atoms with Gasteiger partial charge in [-0.2, -0.15) is 8.78 Å². The van der Waals surface area contributed by atoms with Gasteiger partial charge < -0.3 is 4.90 Å². The highest BCUT2D eigenvalue weighted by Gasteiger charge is 2.42. The van der Waals surface area contributed by atoms with E-state index < -0.39 is 22.3 Å². The molecule has 0 aliphatic rings. The van der Waals surface area contributed by atoms with Crippen LogP contribution in [0.5, 0.6) is 0 Å². The van der Waals surface area contributed by atoms with Crippen LogP contribution in [0.1, 0.15) is 5.56 Å². The number of nitrogens with zero attached hydrogens (tertiary/aromatic N) is 2. The Morgan fingerprint density at radius 3 is 2.12 bits per heavy atom. The number of alkyl halides is 2. The molecule has 1 rings (SSSR count). The highest BCUT2D eigenvalue weighted by Crippen LogP contribution is 2.30. The molecule has 92 valence electrons. The Kier molecular flexibility index (Phi) is 3.40. The summed E-state index contributed by atoms with van der Waals surface area (Å²) < 4.78 is 27.1. The maximum Gasteiger partial charge on any atom is 0.349 e. The molecule has 0 aliphatic heterocycles. The first-order valence-corrected chi connectivity index (χ1v) is 4.61. The number of amides is 1. The predicted octanol–water partition coefficient (Wildman–Crippen LogP) is 1.77. The molecule has 17 heavy (non-hydrogen) atoms.